The standard InChI is InChI=1S/C22H27N7O.HI/c1-3-23-22(24-11-9-16-14-26-17-7-4-6-15(2)20(16)17)25-12-10-19-27-21(29-28-19)18-8-5-13-30-18;/h4-8,13-14,26H,3,9-12H2,1-2H3,(H2,23,24,25)(H,27,28,29);1H. The lowest BCUT2D eigenvalue weighted by atomic mass is 10.1. The molecule has 0 atom stereocenters. The third-order valence-corrected chi connectivity index (χ3v) is 4.92. The molecule has 0 unspecified atom stereocenters. The van der Waals surface area contributed by atoms with Gasteiger partial charge in [0.05, 0.1) is 6.26 Å². The zero-order valence-corrected chi connectivity index (χ0v) is 20.1. The number of aromatic nitrogens is 4. The molecule has 4 aromatic rings. The van der Waals surface area contributed by atoms with Gasteiger partial charge in [-0.25, -0.2) is 4.98 Å². The summed E-state index contributed by atoms with van der Waals surface area (Å²) >= 11 is 0. The molecule has 8 nitrogen and oxygen atoms in total. The molecule has 3 aromatic heterocycles. The van der Waals surface area contributed by atoms with Gasteiger partial charge in [-0.05, 0) is 49.6 Å². The summed E-state index contributed by atoms with van der Waals surface area (Å²) in [5, 5.41) is 15.2. The van der Waals surface area contributed by atoms with Crippen LogP contribution < -0.4 is 10.6 Å². The molecule has 4 N–H and O–H groups in total. The highest BCUT2D eigenvalue weighted by atomic mass is 127. The van der Waals surface area contributed by atoms with E-state index in [0.29, 0.717) is 24.6 Å². The SMILES string of the molecule is CCNC(=NCCc1nc(-c2ccco2)n[nH]1)NCCc1c[nH]c2cccc(C)c12.I. The zero-order chi connectivity index (χ0) is 20.8. The van der Waals surface area contributed by atoms with Gasteiger partial charge in [0.15, 0.2) is 11.7 Å². The van der Waals surface area contributed by atoms with Gasteiger partial charge >= 0.3 is 0 Å². The van der Waals surface area contributed by atoms with E-state index in [-0.39, 0.29) is 24.0 Å². The lowest BCUT2D eigenvalue weighted by Crippen LogP contribution is -2.38. The topological polar surface area (TPSA) is 107 Å². The van der Waals surface area contributed by atoms with Crippen molar-refractivity contribution in [2.45, 2.75) is 26.7 Å². The van der Waals surface area contributed by atoms with Crippen LogP contribution in [0.3, 0.4) is 0 Å². The van der Waals surface area contributed by atoms with E-state index in [1.165, 1.54) is 22.0 Å². The molecule has 0 fully saturated rings. The highest BCUT2D eigenvalue weighted by Gasteiger charge is 2.09. The number of rotatable bonds is 8. The van der Waals surface area contributed by atoms with Crippen molar-refractivity contribution in [3.05, 3.63) is 59.7 Å². The summed E-state index contributed by atoms with van der Waals surface area (Å²) < 4.78 is 5.32. The van der Waals surface area contributed by atoms with E-state index >= 15 is 0 Å². The van der Waals surface area contributed by atoms with Crippen molar-refractivity contribution >= 4 is 40.8 Å². The highest BCUT2D eigenvalue weighted by Crippen LogP contribution is 2.22. The Morgan fingerprint density at radius 3 is 2.87 bits per heavy atom. The highest BCUT2D eigenvalue weighted by molar-refractivity contribution is 14.0. The minimum absolute atomic E-state index is 0. The van der Waals surface area contributed by atoms with Crippen LogP contribution in [0.15, 0.2) is 52.2 Å². The molecule has 0 aliphatic carbocycles. The number of hydrogen-bond acceptors (Lipinski definition) is 4. The predicted octanol–water partition coefficient (Wildman–Crippen LogP) is 3.81. The Bertz CT molecular complexity index is 1110. The maximum atomic E-state index is 5.32. The Morgan fingerprint density at radius 1 is 1.16 bits per heavy atom. The molecule has 0 amide bonds. The number of fused-ring (bicyclic) bond motifs is 1. The van der Waals surface area contributed by atoms with Crippen molar-refractivity contribution < 1.29 is 4.42 Å². The molecule has 0 aliphatic heterocycles. The van der Waals surface area contributed by atoms with Crippen LogP contribution in [0.5, 0.6) is 0 Å². The number of aromatic amines is 2. The Hall–Kier alpha value is -2.82. The molecule has 0 saturated heterocycles. The van der Waals surface area contributed by atoms with E-state index in [9.17, 15) is 0 Å². The first kappa shape index (κ1) is 22.9. The number of hydrogen-bond donors (Lipinski definition) is 4. The molecule has 0 radical (unpaired) electrons. The quantitative estimate of drug-likeness (QED) is 0.157. The fraction of sp³-hybridized carbons (Fsp3) is 0.318. The number of guanidine groups is 1. The van der Waals surface area contributed by atoms with Crippen LogP contribution in [0.25, 0.3) is 22.5 Å². The number of aryl methyl sites for hydroxylation is 1. The van der Waals surface area contributed by atoms with Crippen LogP contribution in [0.4, 0.5) is 0 Å². The Kier molecular flexibility index (Phi) is 8.10. The van der Waals surface area contributed by atoms with Crippen LogP contribution in [0, 0.1) is 6.92 Å². The monoisotopic (exact) mass is 533 g/mol. The molecule has 9 heteroatoms. The summed E-state index contributed by atoms with van der Waals surface area (Å²) in [5.74, 6) is 2.82. The van der Waals surface area contributed by atoms with Gasteiger partial charge in [0.1, 0.15) is 5.82 Å². The Balaban J connectivity index is 0.00000272. The molecular weight excluding hydrogens is 505 g/mol. The van der Waals surface area contributed by atoms with Gasteiger partial charge in [0.2, 0.25) is 5.82 Å². The average Bonchev–Trinajstić information content (AvgIpc) is 3.49. The van der Waals surface area contributed by atoms with E-state index in [0.717, 1.165) is 31.3 Å². The second-order valence-corrected chi connectivity index (χ2v) is 7.08. The molecule has 1 aromatic carbocycles. The summed E-state index contributed by atoms with van der Waals surface area (Å²) in [6.45, 7) is 6.43. The maximum absolute atomic E-state index is 5.32. The van der Waals surface area contributed by atoms with Gasteiger partial charge < -0.3 is 20.0 Å². The van der Waals surface area contributed by atoms with Crippen molar-refractivity contribution in [2.24, 2.45) is 4.99 Å². The molecule has 0 aliphatic rings. The third-order valence-electron chi connectivity index (χ3n) is 4.92. The number of furan rings is 1. The van der Waals surface area contributed by atoms with Crippen LogP contribution in [-0.4, -0.2) is 45.8 Å². The van der Waals surface area contributed by atoms with E-state index in [1.807, 2.05) is 12.1 Å². The zero-order valence-electron chi connectivity index (χ0n) is 17.7. The maximum Gasteiger partial charge on any atom is 0.216 e. The van der Waals surface area contributed by atoms with Crippen molar-refractivity contribution in [2.75, 3.05) is 19.6 Å². The number of halogens is 1. The molecule has 0 saturated carbocycles. The normalized spacial score (nSPS) is 11.5. The summed E-state index contributed by atoms with van der Waals surface area (Å²) in [6, 6.07) is 10.0. The smallest absolute Gasteiger partial charge is 0.216 e. The lowest BCUT2D eigenvalue weighted by Gasteiger charge is -2.11. The van der Waals surface area contributed by atoms with Gasteiger partial charge in [0, 0.05) is 43.2 Å². The number of H-pyrrole nitrogens is 2. The van der Waals surface area contributed by atoms with Crippen molar-refractivity contribution in [1.29, 1.82) is 0 Å². The number of aliphatic imine (C=N–C) groups is 1. The van der Waals surface area contributed by atoms with Crippen molar-refractivity contribution in [3.63, 3.8) is 0 Å². The molecule has 0 spiro atoms. The van der Waals surface area contributed by atoms with E-state index < -0.39 is 0 Å². The average molecular weight is 533 g/mol. The van der Waals surface area contributed by atoms with Gasteiger partial charge in [-0.15, -0.1) is 24.0 Å². The molecule has 164 valence electrons. The Labute approximate surface area is 198 Å². The first-order valence-corrected chi connectivity index (χ1v) is 10.3. The molecule has 3 heterocycles. The van der Waals surface area contributed by atoms with E-state index in [4.69, 9.17) is 4.42 Å². The van der Waals surface area contributed by atoms with Gasteiger partial charge in [0.25, 0.3) is 0 Å². The first-order valence-electron chi connectivity index (χ1n) is 10.3. The van der Waals surface area contributed by atoms with Crippen LogP contribution in [0.1, 0.15) is 23.9 Å². The van der Waals surface area contributed by atoms with Gasteiger partial charge in [-0.3, -0.25) is 10.1 Å². The summed E-state index contributed by atoms with van der Waals surface area (Å²) in [5.41, 5.74) is 3.80. The minimum atomic E-state index is 0. The third kappa shape index (κ3) is 5.66. The number of nitrogens with zero attached hydrogens (tertiary/aromatic N) is 3. The predicted molar refractivity (Wildman–Crippen MR) is 134 cm³/mol. The van der Waals surface area contributed by atoms with Crippen LogP contribution >= 0.6 is 24.0 Å². The van der Waals surface area contributed by atoms with E-state index in [1.54, 1.807) is 6.26 Å². The second kappa shape index (κ2) is 11.0. The van der Waals surface area contributed by atoms with Crippen molar-refractivity contribution in [3.8, 4) is 11.6 Å². The van der Waals surface area contributed by atoms with Crippen LogP contribution in [0.2, 0.25) is 0 Å². The van der Waals surface area contributed by atoms with Gasteiger partial charge in [-0.2, -0.15) is 5.10 Å². The lowest BCUT2D eigenvalue weighted by molar-refractivity contribution is 0.577. The minimum Gasteiger partial charge on any atom is -0.461 e. The molecule has 4 rings (SSSR count). The molecule has 0 bridgehead atoms. The molecule has 31 heavy (non-hydrogen) atoms. The van der Waals surface area contributed by atoms with Crippen LogP contribution in [-0.2, 0) is 12.8 Å². The first-order chi connectivity index (χ1) is 14.7. The summed E-state index contributed by atoms with van der Waals surface area (Å²) in [6.07, 6.45) is 5.31. The second-order valence-electron chi connectivity index (χ2n) is 7.08. The number of benzene rings is 1. The van der Waals surface area contributed by atoms with Crippen molar-refractivity contribution in [1.82, 2.24) is 30.8 Å². The summed E-state index contributed by atoms with van der Waals surface area (Å²) in [7, 11) is 0. The number of nitrogens with one attached hydrogen (secondary N) is 4. The molecular formula is C22H28IN7O. The largest absolute Gasteiger partial charge is 0.461 e. The van der Waals surface area contributed by atoms with E-state index in [2.05, 4.69) is 74.0 Å². The fourth-order valence-electron chi connectivity index (χ4n) is 3.50. The van der Waals surface area contributed by atoms with Gasteiger partial charge in [-0.1, -0.05) is 12.1 Å². The summed E-state index contributed by atoms with van der Waals surface area (Å²) in [4.78, 5) is 12.5. The fourth-order valence-corrected chi connectivity index (χ4v) is 3.50. The Morgan fingerprint density at radius 2 is 2.06 bits per heavy atom.